The lowest BCUT2D eigenvalue weighted by atomic mass is 10.1. The molecule has 2 fully saturated rings. The third-order valence-corrected chi connectivity index (χ3v) is 2.86. The van der Waals surface area contributed by atoms with E-state index in [1.807, 2.05) is 0 Å². The number of carbonyl (C=O) groups is 2. The van der Waals surface area contributed by atoms with Crippen LogP contribution in [0, 0.1) is 5.92 Å². The van der Waals surface area contributed by atoms with Crippen molar-refractivity contribution in [3.8, 4) is 0 Å². The van der Waals surface area contributed by atoms with Gasteiger partial charge in [0.15, 0.2) is 0 Å². The number of amides is 2. The second kappa shape index (κ2) is 3.57. The van der Waals surface area contributed by atoms with Crippen LogP contribution in [0.15, 0.2) is 0 Å². The topological polar surface area (TPSA) is 75.4 Å². The van der Waals surface area contributed by atoms with E-state index < -0.39 is 0 Å². The average molecular weight is 197 g/mol. The van der Waals surface area contributed by atoms with Crippen LogP contribution in [0.5, 0.6) is 0 Å². The summed E-state index contributed by atoms with van der Waals surface area (Å²) >= 11 is 0. The number of hydrogen-bond donors (Lipinski definition) is 2. The van der Waals surface area contributed by atoms with Gasteiger partial charge in [-0.15, -0.1) is 0 Å². The molecule has 2 rings (SSSR count). The van der Waals surface area contributed by atoms with Crippen LogP contribution < -0.4 is 11.1 Å². The molecular formula is C9H15N3O2. The van der Waals surface area contributed by atoms with Crippen LogP contribution >= 0.6 is 0 Å². The minimum absolute atomic E-state index is 0.0214. The predicted molar refractivity (Wildman–Crippen MR) is 50.3 cm³/mol. The summed E-state index contributed by atoms with van der Waals surface area (Å²) in [4.78, 5) is 24.5. The van der Waals surface area contributed by atoms with E-state index in [1.54, 1.807) is 4.90 Å². The third kappa shape index (κ3) is 1.72. The van der Waals surface area contributed by atoms with Crippen molar-refractivity contribution in [3.63, 3.8) is 0 Å². The maximum absolute atomic E-state index is 11.8. The first-order valence-corrected chi connectivity index (χ1v) is 4.98. The fourth-order valence-corrected chi connectivity index (χ4v) is 2.03. The zero-order valence-corrected chi connectivity index (χ0v) is 8.03. The molecule has 2 aliphatic rings. The predicted octanol–water partition coefficient (Wildman–Crippen LogP) is -1.32. The van der Waals surface area contributed by atoms with E-state index in [9.17, 15) is 9.59 Å². The fourth-order valence-electron chi connectivity index (χ4n) is 2.03. The van der Waals surface area contributed by atoms with Crippen molar-refractivity contribution in [2.75, 3.05) is 19.6 Å². The number of hydrogen-bond acceptors (Lipinski definition) is 3. The van der Waals surface area contributed by atoms with Crippen LogP contribution in [0.1, 0.15) is 12.8 Å². The van der Waals surface area contributed by atoms with Gasteiger partial charge in [0.1, 0.15) is 0 Å². The summed E-state index contributed by atoms with van der Waals surface area (Å²) in [5.41, 5.74) is 5.71. The Kier molecular flexibility index (Phi) is 2.41. The maximum atomic E-state index is 11.8. The Balaban J connectivity index is 1.92. The Labute approximate surface area is 82.6 Å². The molecule has 2 heterocycles. The molecule has 78 valence electrons. The minimum atomic E-state index is -0.159. The summed E-state index contributed by atoms with van der Waals surface area (Å²) in [5, 5.41) is 2.67. The molecule has 0 saturated carbocycles. The van der Waals surface area contributed by atoms with E-state index in [2.05, 4.69) is 5.32 Å². The largest absolute Gasteiger partial charge is 0.355 e. The molecule has 2 aliphatic heterocycles. The molecule has 0 spiro atoms. The van der Waals surface area contributed by atoms with E-state index in [0.717, 1.165) is 13.0 Å². The molecular weight excluding hydrogens is 182 g/mol. The summed E-state index contributed by atoms with van der Waals surface area (Å²) in [6, 6.07) is 0.115. The zero-order valence-electron chi connectivity index (χ0n) is 8.03. The summed E-state index contributed by atoms with van der Waals surface area (Å²) in [7, 11) is 0. The van der Waals surface area contributed by atoms with Crippen molar-refractivity contribution in [3.05, 3.63) is 0 Å². The molecule has 14 heavy (non-hydrogen) atoms. The van der Waals surface area contributed by atoms with E-state index >= 15 is 0 Å². The molecule has 0 aromatic carbocycles. The smallest absolute Gasteiger partial charge is 0.228 e. The van der Waals surface area contributed by atoms with Gasteiger partial charge in [-0.2, -0.15) is 0 Å². The molecule has 1 unspecified atom stereocenters. The lowest BCUT2D eigenvalue weighted by Gasteiger charge is -2.18. The molecule has 0 aromatic rings. The molecule has 5 nitrogen and oxygen atoms in total. The Morgan fingerprint density at radius 3 is 2.86 bits per heavy atom. The maximum Gasteiger partial charge on any atom is 0.228 e. The van der Waals surface area contributed by atoms with Crippen LogP contribution in [0.2, 0.25) is 0 Å². The number of nitrogens with one attached hydrogen (secondary N) is 1. The second-order valence-corrected chi connectivity index (χ2v) is 4.04. The van der Waals surface area contributed by atoms with Crippen LogP contribution in [0.4, 0.5) is 0 Å². The SMILES string of the molecule is N[C@@H]1CCN(C(=O)C2CNC(=O)C2)C1. The number of rotatable bonds is 1. The van der Waals surface area contributed by atoms with Crippen molar-refractivity contribution < 1.29 is 9.59 Å². The first-order chi connectivity index (χ1) is 6.66. The van der Waals surface area contributed by atoms with Gasteiger partial charge in [0, 0.05) is 32.1 Å². The van der Waals surface area contributed by atoms with Gasteiger partial charge in [0.2, 0.25) is 11.8 Å². The van der Waals surface area contributed by atoms with E-state index in [4.69, 9.17) is 5.73 Å². The lowest BCUT2D eigenvalue weighted by Crippen LogP contribution is -2.37. The summed E-state index contributed by atoms with van der Waals surface area (Å²) < 4.78 is 0. The van der Waals surface area contributed by atoms with Gasteiger partial charge < -0.3 is 16.0 Å². The Morgan fingerprint density at radius 2 is 2.36 bits per heavy atom. The number of likely N-dealkylation sites (tertiary alicyclic amines) is 1. The molecule has 2 saturated heterocycles. The molecule has 0 aliphatic carbocycles. The monoisotopic (exact) mass is 197 g/mol. The van der Waals surface area contributed by atoms with Crippen LogP contribution in [-0.2, 0) is 9.59 Å². The van der Waals surface area contributed by atoms with Crippen molar-refractivity contribution in [2.45, 2.75) is 18.9 Å². The van der Waals surface area contributed by atoms with Gasteiger partial charge in [0.25, 0.3) is 0 Å². The van der Waals surface area contributed by atoms with Crippen LogP contribution in [-0.4, -0.2) is 42.4 Å². The highest BCUT2D eigenvalue weighted by Gasteiger charge is 2.33. The average Bonchev–Trinajstić information content (AvgIpc) is 2.73. The zero-order chi connectivity index (χ0) is 10.1. The quantitative estimate of drug-likeness (QED) is 0.547. The van der Waals surface area contributed by atoms with Gasteiger partial charge in [-0.25, -0.2) is 0 Å². The van der Waals surface area contributed by atoms with Crippen molar-refractivity contribution in [1.29, 1.82) is 0 Å². The molecule has 0 radical (unpaired) electrons. The molecule has 2 atom stereocenters. The molecule has 3 N–H and O–H groups in total. The van der Waals surface area contributed by atoms with Crippen molar-refractivity contribution >= 4 is 11.8 Å². The second-order valence-electron chi connectivity index (χ2n) is 4.04. The van der Waals surface area contributed by atoms with Crippen LogP contribution in [0.3, 0.4) is 0 Å². The van der Waals surface area contributed by atoms with Crippen molar-refractivity contribution in [1.82, 2.24) is 10.2 Å². The fraction of sp³-hybridized carbons (Fsp3) is 0.778. The van der Waals surface area contributed by atoms with Gasteiger partial charge in [-0.1, -0.05) is 0 Å². The van der Waals surface area contributed by atoms with E-state index in [-0.39, 0.29) is 23.8 Å². The summed E-state index contributed by atoms with van der Waals surface area (Å²) in [5.74, 6) is -0.101. The van der Waals surface area contributed by atoms with Gasteiger partial charge in [0.05, 0.1) is 5.92 Å². The van der Waals surface area contributed by atoms with Crippen molar-refractivity contribution in [2.24, 2.45) is 11.7 Å². The Hall–Kier alpha value is -1.10. The van der Waals surface area contributed by atoms with Gasteiger partial charge in [-0.3, -0.25) is 9.59 Å². The number of nitrogens with zero attached hydrogens (tertiary/aromatic N) is 1. The Bertz CT molecular complexity index is 267. The summed E-state index contributed by atoms with van der Waals surface area (Å²) in [6.07, 6.45) is 1.21. The lowest BCUT2D eigenvalue weighted by molar-refractivity contribution is -0.134. The number of carbonyl (C=O) groups excluding carboxylic acids is 2. The molecule has 0 bridgehead atoms. The highest BCUT2D eigenvalue weighted by molar-refractivity contribution is 5.89. The van der Waals surface area contributed by atoms with Gasteiger partial charge >= 0.3 is 0 Å². The van der Waals surface area contributed by atoms with Crippen LogP contribution in [0.25, 0.3) is 0 Å². The minimum Gasteiger partial charge on any atom is -0.355 e. The third-order valence-electron chi connectivity index (χ3n) is 2.86. The summed E-state index contributed by atoms with van der Waals surface area (Å²) in [6.45, 7) is 1.87. The Morgan fingerprint density at radius 1 is 1.57 bits per heavy atom. The molecule has 2 amide bonds. The van der Waals surface area contributed by atoms with E-state index in [0.29, 0.717) is 19.5 Å². The standard InChI is InChI=1S/C9H15N3O2/c10-7-1-2-12(5-7)9(14)6-3-8(13)11-4-6/h6-7H,1-5,10H2,(H,11,13)/t6?,7-/m1/s1. The molecule has 0 aromatic heterocycles. The van der Waals surface area contributed by atoms with Gasteiger partial charge in [-0.05, 0) is 6.42 Å². The normalized spacial score (nSPS) is 32.1. The molecule has 5 heteroatoms. The highest BCUT2D eigenvalue weighted by atomic mass is 16.2. The first kappa shape index (κ1) is 9.45. The highest BCUT2D eigenvalue weighted by Crippen LogP contribution is 2.16. The number of nitrogens with two attached hydrogens (primary N) is 1. The van der Waals surface area contributed by atoms with E-state index in [1.165, 1.54) is 0 Å². The first-order valence-electron chi connectivity index (χ1n) is 4.98.